The summed E-state index contributed by atoms with van der Waals surface area (Å²) in [4.78, 5) is 120. The van der Waals surface area contributed by atoms with Crippen LogP contribution in [0.25, 0.3) is 0 Å². The molecule has 4 aliphatic heterocycles. The van der Waals surface area contributed by atoms with Crippen molar-refractivity contribution < 1.29 is 47.9 Å². The van der Waals surface area contributed by atoms with Crippen molar-refractivity contribution in [3.05, 3.63) is 0 Å². The number of hydrogen-bond donors (Lipinski definition) is 8. The largest absolute Gasteiger partial charge is 0.328 e. The Kier molecular flexibility index (Phi) is 12.3. The molecule has 4 aliphatic rings. The smallest absolute Gasteiger partial charge is 0.293 e. The third-order valence-corrected chi connectivity index (χ3v) is 4.82. The second-order valence-electron chi connectivity index (χ2n) is 7.77. The quantitative estimate of drug-likeness (QED) is 0.0575. The molecule has 0 unspecified atom stereocenters. The number of amides is 12. The van der Waals surface area contributed by atoms with Gasteiger partial charge in [0.15, 0.2) is 0 Å². The van der Waals surface area contributed by atoms with Crippen LogP contribution in [0.2, 0.25) is 0 Å². The van der Waals surface area contributed by atoms with E-state index in [2.05, 4.69) is 51.7 Å². The summed E-state index contributed by atoms with van der Waals surface area (Å²) in [5, 5.41) is 45.2. The Labute approximate surface area is 286 Å². The first-order valence-corrected chi connectivity index (χ1v) is 11.1. The Morgan fingerprint density at radius 1 is 0.400 bits per heavy atom. The number of carbonyl (C=O) groups excluding carboxylic acids is 10. The fourth-order valence-electron chi connectivity index (χ4n) is 2.96. The van der Waals surface area contributed by atoms with Crippen LogP contribution in [0.15, 0.2) is 30.4 Å². The van der Waals surface area contributed by atoms with Crippen molar-refractivity contribution in [3.8, 4) is 12.4 Å². The van der Waals surface area contributed by atoms with Crippen molar-refractivity contribution in [2.75, 3.05) is 0 Å². The van der Waals surface area contributed by atoms with Crippen LogP contribution in [-0.4, -0.2) is 144 Å². The summed E-state index contributed by atoms with van der Waals surface area (Å²) in [7, 11) is 0. The number of nitrogens with one attached hydrogen (secondary N) is 8. The molecule has 0 saturated carbocycles. The number of guanidine groups is 2. The molecule has 0 aromatic heterocycles. The molecule has 8 N–H and O–H groups in total. The molecular formula is C18H12BaN16O10. The van der Waals surface area contributed by atoms with Gasteiger partial charge in [0.2, 0.25) is 48.5 Å². The Morgan fingerprint density at radius 3 is 0.800 bits per heavy atom. The number of rotatable bonds is 4. The predicted molar refractivity (Wildman–Crippen MR) is 133 cm³/mol. The van der Waals surface area contributed by atoms with E-state index in [1.807, 2.05) is 0 Å². The fraction of sp³-hybridized carbons (Fsp3) is 0.222. The first-order valence-electron chi connectivity index (χ1n) is 11.1. The van der Waals surface area contributed by atoms with Gasteiger partial charge in [-0.15, -0.1) is 9.98 Å². The van der Waals surface area contributed by atoms with Crippen molar-refractivity contribution >= 4 is 120 Å². The summed E-state index contributed by atoms with van der Waals surface area (Å²) >= 11 is 0. The van der Waals surface area contributed by atoms with Gasteiger partial charge in [-0.2, -0.15) is 31.0 Å². The zero-order valence-electron chi connectivity index (χ0n) is 21.7. The van der Waals surface area contributed by atoms with Crippen LogP contribution in [0.4, 0.5) is 9.59 Å². The number of barbiturate groups is 2. The van der Waals surface area contributed by atoms with Crippen molar-refractivity contribution in [1.29, 1.82) is 10.5 Å². The summed E-state index contributed by atoms with van der Waals surface area (Å²) in [6.07, 6.45) is 2.72. The third kappa shape index (κ3) is 9.09. The van der Waals surface area contributed by atoms with E-state index in [4.69, 9.17) is 10.5 Å². The average Bonchev–Trinajstić information content (AvgIpc) is 2.91. The van der Waals surface area contributed by atoms with E-state index in [1.165, 1.54) is 12.4 Å². The Bertz CT molecular complexity index is 1420. The van der Waals surface area contributed by atoms with Gasteiger partial charge in [0, 0.05) is 48.9 Å². The van der Waals surface area contributed by atoms with Crippen LogP contribution in [0.5, 0.6) is 0 Å². The van der Waals surface area contributed by atoms with Gasteiger partial charge in [-0.3, -0.25) is 80.9 Å². The molecule has 4 rings (SSSR count). The predicted octanol–water partition coefficient (Wildman–Crippen LogP) is -7.13. The molecule has 0 atom stereocenters. The molecule has 12 amide bonds. The molecule has 0 spiro atoms. The van der Waals surface area contributed by atoms with Gasteiger partial charge in [-0.25, -0.2) is 9.59 Å². The van der Waals surface area contributed by atoms with E-state index in [9.17, 15) is 47.9 Å². The number of urea groups is 2. The summed E-state index contributed by atoms with van der Waals surface area (Å²) in [5.41, 5.74) is 0. The van der Waals surface area contributed by atoms with Gasteiger partial charge in [0.1, 0.15) is 0 Å². The minimum atomic E-state index is -1.70. The molecule has 45 heavy (non-hydrogen) atoms. The zero-order valence-corrected chi connectivity index (χ0v) is 26.1. The SMILES string of the molecule is N#CN=C1NC(=O)C(N=NC2C(=O)NC(=O)NC2=O)C(=O)N1.N#CN=C1NC(=O)C(N=NC2C(=O)NC(=O)NC2=O)C(=O)N1.[Ba]. The molecular weight excluding hydrogens is 738 g/mol. The molecule has 2 radical (unpaired) electrons. The van der Waals surface area contributed by atoms with E-state index in [0.717, 1.165) is 0 Å². The number of nitrogens with zero attached hydrogens (tertiary/aromatic N) is 8. The molecule has 4 fully saturated rings. The van der Waals surface area contributed by atoms with Crippen LogP contribution in [0.1, 0.15) is 0 Å². The number of nitriles is 2. The standard InChI is InChI=1S/2C9H6N8O5.Ba/c2*10-1-11-8-12-4(18)2(5(19)13-8)16-17-3-6(20)14-9(22)15-7(3)21;/h2*2-3H,(H2,11,12,13,18,19)(H2,14,15,20,21,22);. The van der Waals surface area contributed by atoms with Gasteiger partial charge in [-0.05, 0) is 0 Å². The first-order chi connectivity index (χ1) is 20.8. The molecule has 0 aliphatic carbocycles. The van der Waals surface area contributed by atoms with Crippen LogP contribution in [0.3, 0.4) is 0 Å². The minimum absolute atomic E-state index is 0. The maximum Gasteiger partial charge on any atom is 0.328 e. The second-order valence-corrected chi connectivity index (χ2v) is 7.77. The van der Waals surface area contributed by atoms with Gasteiger partial charge >= 0.3 is 12.1 Å². The van der Waals surface area contributed by atoms with Crippen molar-refractivity contribution in [3.63, 3.8) is 0 Å². The topological polar surface area (TPSA) is 389 Å². The monoisotopic (exact) mass is 750 g/mol. The maximum atomic E-state index is 11.6. The normalized spacial score (nSPS) is 22.1. The van der Waals surface area contributed by atoms with Gasteiger partial charge in [0.25, 0.3) is 47.3 Å². The molecule has 0 aromatic rings. The Balaban J connectivity index is 0.000000307. The van der Waals surface area contributed by atoms with Crippen LogP contribution < -0.4 is 42.5 Å². The van der Waals surface area contributed by atoms with E-state index < -0.39 is 83.5 Å². The number of carbonyl (C=O) groups is 10. The number of aliphatic imine (C=N–C) groups is 2. The van der Waals surface area contributed by atoms with E-state index >= 15 is 0 Å². The average molecular weight is 750 g/mol. The molecule has 0 bridgehead atoms. The molecule has 0 aromatic carbocycles. The fourth-order valence-corrected chi connectivity index (χ4v) is 2.96. The van der Waals surface area contributed by atoms with Gasteiger partial charge in [-0.1, -0.05) is 0 Å². The number of hydrogen-bond acceptors (Lipinski definition) is 18. The number of imide groups is 4. The summed E-state index contributed by atoms with van der Waals surface area (Å²) in [6, 6.07) is -8.76. The summed E-state index contributed by atoms with van der Waals surface area (Å²) < 4.78 is 0. The second kappa shape index (κ2) is 15.6. The van der Waals surface area contributed by atoms with Crippen molar-refractivity contribution in [1.82, 2.24) is 42.5 Å². The van der Waals surface area contributed by atoms with Gasteiger partial charge in [0.05, 0.1) is 0 Å². The minimum Gasteiger partial charge on any atom is -0.293 e. The van der Waals surface area contributed by atoms with Crippen molar-refractivity contribution in [2.45, 2.75) is 24.2 Å². The first kappa shape index (κ1) is 35.4. The van der Waals surface area contributed by atoms with E-state index in [1.54, 1.807) is 21.3 Å². The summed E-state index contributed by atoms with van der Waals surface area (Å²) in [5.74, 6) is -8.71. The maximum absolute atomic E-state index is 11.6. The van der Waals surface area contributed by atoms with Crippen LogP contribution >= 0.6 is 0 Å². The van der Waals surface area contributed by atoms with E-state index in [0.29, 0.717) is 0 Å². The van der Waals surface area contributed by atoms with Crippen molar-refractivity contribution in [2.24, 2.45) is 30.4 Å². The molecule has 226 valence electrons. The van der Waals surface area contributed by atoms with Crippen LogP contribution in [-0.2, 0) is 38.4 Å². The van der Waals surface area contributed by atoms with Gasteiger partial charge < -0.3 is 0 Å². The third-order valence-electron chi connectivity index (χ3n) is 4.82. The molecule has 27 heteroatoms. The Morgan fingerprint density at radius 2 is 0.600 bits per heavy atom. The molecule has 4 saturated heterocycles. The molecule has 4 heterocycles. The number of azo groups is 2. The molecule has 26 nitrogen and oxygen atoms in total. The zero-order chi connectivity index (χ0) is 32.6. The Hall–Kier alpha value is -5.81. The van der Waals surface area contributed by atoms with Crippen LogP contribution in [0, 0.1) is 22.9 Å². The van der Waals surface area contributed by atoms with E-state index in [-0.39, 0.29) is 60.8 Å². The summed E-state index contributed by atoms with van der Waals surface area (Å²) in [6.45, 7) is 0.